The minimum Gasteiger partial charge on any atom is -0.380 e. The van der Waals surface area contributed by atoms with Crippen molar-refractivity contribution in [3.8, 4) is 0 Å². The van der Waals surface area contributed by atoms with Crippen molar-refractivity contribution >= 4 is 38.9 Å². The molecule has 156 valence electrons. The second-order valence-corrected chi connectivity index (χ2v) is 7.95. The maximum absolute atomic E-state index is 14.4. The second kappa shape index (κ2) is 8.91. The van der Waals surface area contributed by atoms with E-state index in [2.05, 4.69) is 5.32 Å². The lowest BCUT2D eigenvalue weighted by Crippen LogP contribution is -2.40. The average molecular weight is 428 g/mol. The molecule has 0 unspecified atom stereocenters. The zero-order valence-corrected chi connectivity index (χ0v) is 17.3. The number of ether oxygens (including phenoxy) is 2. The summed E-state index contributed by atoms with van der Waals surface area (Å²) in [7, 11) is 1.51. The highest BCUT2D eigenvalue weighted by Gasteiger charge is 2.22. The number of anilines is 1. The summed E-state index contributed by atoms with van der Waals surface area (Å²) in [4.78, 5) is 27.8. The van der Waals surface area contributed by atoms with E-state index in [4.69, 9.17) is 9.47 Å². The monoisotopic (exact) mass is 428 g/mol. The van der Waals surface area contributed by atoms with Crippen molar-refractivity contribution in [1.82, 2.24) is 4.90 Å². The Bertz CT molecular complexity index is 1090. The van der Waals surface area contributed by atoms with Crippen LogP contribution in [-0.4, -0.2) is 50.1 Å². The minimum absolute atomic E-state index is 0.0987. The number of nitrogens with one attached hydrogen (secondary N) is 1. The molecular formula is C22H21FN2O4S. The highest BCUT2D eigenvalue weighted by atomic mass is 32.1. The molecule has 1 aliphatic heterocycles. The van der Waals surface area contributed by atoms with E-state index in [0.717, 1.165) is 0 Å². The first-order valence-electron chi connectivity index (χ1n) is 9.55. The van der Waals surface area contributed by atoms with Crippen LogP contribution in [0, 0.1) is 5.82 Å². The second-order valence-electron chi connectivity index (χ2n) is 6.90. The number of rotatable bonds is 5. The van der Waals surface area contributed by atoms with Crippen LogP contribution in [0.2, 0.25) is 0 Å². The molecule has 3 aromatic rings. The van der Waals surface area contributed by atoms with Gasteiger partial charge in [-0.3, -0.25) is 9.59 Å². The molecule has 2 amide bonds. The average Bonchev–Trinajstić information content (AvgIpc) is 3.14. The molecule has 1 aromatic heterocycles. The van der Waals surface area contributed by atoms with Crippen molar-refractivity contribution in [3.05, 3.63) is 64.3 Å². The Kier molecular flexibility index (Phi) is 6.08. The standard InChI is InChI=1S/C22H21FN2O4S/c1-28-13-16-19-17(23)6-3-7-18(19)30-20(16)21(26)24-15-5-2-4-14(12-15)22(27)25-8-10-29-11-9-25/h2-7,12H,8-11,13H2,1H3,(H,24,26). The summed E-state index contributed by atoms with van der Waals surface area (Å²) in [5.74, 6) is -0.843. The van der Waals surface area contributed by atoms with Gasteiger partial charge in [0.2, 0.25) is 0 Å². The van der Waals surface area contributed by atoms with E-state index < -0.39 is 0 Å². The van der Waals surface area contributed by atoms with Crippen molar-refractivity contribution in [2.75, 3.05) is 38.7 Å². The lowest BCUT2D eigenvalue weighted by atomic mass is 10.1. The number of thiophene rings is 1. The summed E-state index contributed by atoms with van der Waals surface area (Å²) in [5.41, 5.74) is 1.52. The van der Waals surface area contributed by atoms with E-state index in [1.165, 1.54) is 24.5 Å². The summed E-state index contributed by atoms with van der Waals surface area (Å²) in [6.07, 6.45) is 0. The third-order valence-electron chi connectivity index (χ3n) is 4.92. The van der Waals surface area contributed by atoms with Crippen molar-refractivity contribution < 1.29 is 23.5 Å². The highest BCUT2D eigenvalue weighted by molar-refractivity contribution is 7.21. The SMILES string of the molecule is COCc1c(C(=O)Nc2cccc(C(=O)N3CCOCC3)c2)sc2cccc(F)c12. The molecule has 0 bridgehead atoms. The van der Waals surface area contributed by atoms with Gasteiger partial charge in [0.15, 0.2) is 0 Å². The molecular weight excluding hydrogens is 407 g/mol. The van der Waals surface area contributed by atoms with Crippen LogP contribution in [-0.2, 0) is 16.1 Å². The quantitative estimate of drug-likeness (QED) is 0.669. The lowest BCUT2D eigenvalue weighted by molar-refractivity contribution is 0.0303. The van der Waals surface area contributed by atoms with Crippen molar-refractivity contribution in [2.45, 2.75) is 6.61 Å². The van der Waals surface area contributed by atoms with E-state index in [1.807, 2.05) is 0 Å². The summed E-state index contributed by atoms with van der Waals surface area (Å²) in [5, 5.41) is 3.24. The van der Waals surface area contributed by atoms with Crippen LogP contribution in [0.1, 0.15) is 25.6 Å². The van der Waals surface area contributed by atoms with Crippen LogP contribution >= 0.6 is 11.3 Å². The fourth-order valence-corrected chi connectivity index (χ4v) is 4.62. The molecule has 30 heavy (non-hydrogen) atoms. The third-order valence-corrected chi connectivity index (χ3v) is 6.12. The summed E-state index contributed by atoms with van der Waals surface area (Å²) < 4.78 is 25.5. The van der Waals surface area contributed by atoms with Crippen molar-refractivity contribution in [3.63, 3.8) is 0 Å². The van der Waals surface area contributed by atoms with Crippen LogP contribution in [0.3, 0.4) is 0 Å². The number of nitrogens with zero attached hydrogens (tertiary/aromatic N) is 1. The first kappa shape index (κ1) is 20.5. The van der Waals surface area contributed by atoms with E-state index >= 15 is 0 Å². The molecule has 0 radical (unpaired) electrons. The fourth-order valence-electron chi connectivity index (χ4n) is 3.50. The lowest BCUT2D eigenvalue weighted by Gasteiger charge is -2.27. The molecule has 2 aromatic carbocycles. The molecule has 1 N–H and O–H groups in total. The van der Waals surface area contributed by atoms with E-state index in [9.17, 15) is 14.0 Å². The number of hydrogen-bond acceptors (Lipinski definition) is 5. The Morgan fingerprint density at radius 1 is 1.20 bits per heavy atom. The Morgan fingerprint density at radius 2 is 1.97 bits per heavy atom. The maximum atomic E-state index is 14.4. The zero-order chi connectivity index (χ0) is 21.1. The summed E-state index contributed by atoms with van der Waals surface area (Å²) in [6, 6.07) is 11.6. The van der Waals surface area contributed by atoms with Gasteiger partial charge in [0.1, 0.15) is 5.82 Å². The maximum Gasteiger partial charge on any atom is 0.266 e. The number of carbonyl (C=O) groups is 2. The Hall–Kier alpha value is -2.81. The molecule has 1 aliphatic rings. The van der Waals surface area contributed by atoms with Gasteiger partial charge in [0, 0.05) is 47.1 Å². The zero-order valence-electron chi connectivity index (χ0n) is 16.4. The van der Waals surface area contributed by atoms with Gasteiger partial charge in [-0.25, -0.2) is 4.39 Å². The summed E-state index contributed by atoms with van der Waals surface area (Å²) >= 11 is 1.22. The fraction of sp³-hybridized carbons (Fsp3) is 0.273. The molecule has 2 heterocycles. The molecule has 1 saturated heterocycles. The number of benzene rings is 2. The van der Waals surface area contributed by atoms with Crippen molar-refractivity contribution in [2.24, 2.45) is 0 Å². The Labute approximate surface area is 177 Å². The predicted octanol–water partition coefficient (Wildman–Crippen LogP) is 3.91. The van der Waals surface area contributed by atoms with Crippen LogP contribution in [0.5, 0.6) is 0 Å². The van der Waals surface area contributed by atoms with Gasteiger partial charge in [-0.15, -0.1) is 11.3 Å². The van der Waals surface area contributed by atoms with E-state index in [0.29, 0.717) is 58.1 Å². The number of fused-ring (bicyclic) bond motifs is 1. The molecule has 0 spiro atoms. The van der Waals surface area contributed by atoms with Gasteiger partial charge in [0.25, 0.3) is 11.8 Å². The molecule has 1 fully saturated rings. The van der Waals surface area contributed by atoms with E-state index in [1.54, 1.807) is 41.3 Å². The van der Waals surface area contributed by atoms with E-state index in [-0.39, 0.29) is 24.2 Å². The van der Waals surface area contributed by atoms with Crippen LogP contribution < -0.4 is 5.32 Å². The van der Waals surface area contributed by atoms with Gasteiger partial charge in [0.05, 0.1) is 24.7 Å². The van der Waals surface area contributed by atoms with Crippen LogP contribution in [0.4, 0.5) is 10.1 Å². The smallest absolute Gasteiger partial charge is 0.266 e. The minimum atomic E-state index is -0.382. The first-order chi connectivity index (χ1) is 14.6. The van der Waals surface area contributed by atoms with Crippen LogP contribution in [0.25, 0.3) is 10.1 Å². The Balaban J connectivity index is 1.59. The van der Waals surface area contributed by atoms with Gasteiger partial charge in [-0.2, -0.15) is 0 Å². The number of amides is 2. The van der Waals surface area contributed by atoms with Gasteiger partial charge < -0.3 is 19.7 Å². The topological polar surface area (TPSA) is 67.9 Å². The molecule has 8 heteroatoms. The molecule has 0 aliphatic carbocycles. The predicted molar refractivity (Wildman–Crippen MR) is 114 cm³/mol. The molecule has 0 atom stereocenters. The number of methoxy groups -OCH3 is 1. The van der Waals surface area contributed by atoms with Gasteiger partial charge in [-0.05, 0) is 30.3 Å². The number of hydrogen-bond donors (Lipinski definition) is 1. The number of halogens is 1. The largest absolute Gasteiger partial charge is 0.380 e. The Morgan fingerprint density at radius 3 is 2.73 bits per heavy atom. The van der Waals surface area contributed by atoms with Gasteiger partial charge >= 0.3 is 0 Å². The highest BCUT2D eigenvalue weighted by Crippen LogP contribution is 2.34. The molecule has 4 rings (SSSR count). The first-order valence-corrected chi connectivity index (χ1v) is 10.4. The normalized spacial score (nSPS) is 14.1. The number of morpholine rings is 1. The van der Waals surface area contributed by atoms with Crippen LogP contribution in [0.15, 0.2) is 42.5 Å². The van der Waals surface area contributed by atoms with Gasteiger partial charge in [-0.1, -0.05) is 12.1 Å². The summed E-state index contributed by atoms with van der Waals surface area (Å²) in [6.45, 7) is 2.26. The van der Waals surface area contributed by atoms with Crippen molar-refractivity contribution in [1.29, 1.82) is 0 Å². The third kappa shape index (κ3) is 4.07. The molecule has 0 saturated carbocycles. The number of carbonyl (C=O) groups excluding carboxylic acids is 2. The molecule has 6 nitrogen and oxygen atoms in total.